The van der Waals surface area contributed by atoms with Crippen LogP contribution in [0, 0.1) is 5.82 Å². The summed E-state index contributed by atoms with van der Waals surface area (Å²) in [5.41, 5.74) is 4.84. The number of benzene rings is 1. The van der Waals surface area contributed by atoms with Crippen LogP contribution in [-0.2, 0) is 0 Å². The topological polar surface area (TPSA) is 43.1 Å². The average Bonchev–Trinajstić information content (AvgIpc) is 2.16. The van der Waals surface area contributed by atoms with Gasteiger partial charge >= 0.3 is 0 Å². The van der Waals surface area contributed by atoms with E-state index in [1.54, 1.807) is 6.92 Å². The van der Waals surface area contributed by atoms with Crippen molar-refractivity contribution in [1.29, 1.82) is 0 Å². The molecule has 2 N–H and O–H groups in total. The minimum atomic E-state index is -1.02. The monoisotopic (exact) mass is 243 g/mol. The molecule has 0 radical (unpaired) electrons. The van der Waals surface area contributed by atoms with E-state index >= 15 is 0 Å². The molecule has 1 aromatic carbocycles. The van der Waals surface area contributed by atoms with Crippen LogP contribution >= 0.6 is 11.6 Å². The molecule has 1 unspecified atom stereocenters. The highest BCUT2D eigenvalue weighted by Gasteiger charge is 2.30. The second-order valence-electron chi connectivity index (χ2n) is 4.12. The minimum Gasteiger partial charge on any atom is -0.319 e. The Morgan fingerprint density at radius 1 is 1.56 bits per heavy atom. The highest BCUT2D eigenvalue weighted by Crippen LogP contribution is 2.21. The van der Waals surface area contributed by atoms with E-state index in [1.807, 2.05) is 6.92 Å². The lowest BCUT2D eigenvalue weighted by Crippen LogP contribution is -2.45. The summed E-state index contributed by atoms with van der Waals surface area (Å²) >= 11 is 5.61. The molecule has 2 nitrogen and oxygen atoms in total. The number of hydrogen-bond donors (Lipinski definition) is 1. The number of nitrogens with two attached hydrogens (primary N) is 1. The van der Waals surface area contributed by atoms with Gasteiger partial charge in [0.25, 0.3) is 0 Å². The van der Waals surface area contributed by atoms with E-state index in [9.17, 15) is 9.18 Å². The molecule has 88 valence electrons. The second kappa shape index (κ2) is 4.93. The molecule has 0 aliphatic rings. The van der Waals surface area contributed by atoms with E-state index in [0.717, 1.165) is 12.5 Å². The number of hydrogen-bond acceptors (Lipinski definition) is 2. The molecule has 0 fully saturated rings. The lowest BCUT2D eigenvalue weighted by molar-refractivity contribution is 0.0889. The van der Waals surface area contributed by atoms with E-state index in [0.29, 0.717) is 6.42 Å². The Hall–Kier alpha value is -0.930. The van der Waals surface area contributed by atoms with Crippen LogP contribution in [0.25, 0.3) is 0 Å². The maximum atomic E-state index is 13.5. The fraction of sp³-hybridized carbons (Fsp3) is 0.417. The SMILES string of the molecule is CCCC(C)(N)C(=O)c1ccc(Cl)cc1F. The maximum Gasteiger partial charge on any atom is 0.185 e. The molecule has 1 aromatic rings. The van der Waals surface area contributed by atoms with Gasteiger partial charge in [0, 0.05) is 5.02 Å². The first-order chi connectivity index (χ1) is 7.38. The van der Waals surface area contributed by atoms with Crippen LogP contribution in [0.2, 0.25) is 5.02 Å². The molecule has 0 spiro atoms. The van der Waals surface area contributed by atoms with Crippen molar-refractivity contribution in [2.75, 3.05) is 0 Å². The van der Waals surface area contributed by atoms with Crippen LogP contribution in [0.5, 0.6) is 0 Å². The highest BCUT2D eigenvalue weighted by molar-refractivity contribution is 6.30. The lowest BCUT2D eigenvalue weighted by atomic mass is 9.88. The third-order valence-electron chi connectivity index (χ3n) is 2.46. The molecule has 0 aromatic heterocycles. The summed E-state index contributed by atoms with van der Waals surface area (Å²) in [4.78, 5) is 12.0. The van der Waals surface area contributed by atoms with E-state index in [4.69, 9.17) is 17.3 Å². The number of carbonyl (C=O) groups is 1. The van der Waals surface area contributed by atoms with Gasteiger partial charge in [0.15, 0.2) is 5.78 Å². The summed E-state index contributed by atoms with van der Waals surface area (Å²) in [5, 5.41) is 0.267. The fourth-order valence-corrected chi connectivity index (χ4v) is 1.77. The zero-order chi connectivity index (χ0) is 12.3. The standard InChI is InChI=1S/C12H15ClFNO/c1-3-6-12(2,15)11(16)9-5-4-8(13)7-10(9)14/h4-5,7H,3,6,15H2,1-2H3. The van der Waals surface area contributed by atoms with Crippen molar-refractivity contribution in [2.24, 2.45) is 5.73 Å². The molecule has 0 aliphatic carbocycles. The predicted octanol–water partition coefficient (Wildman–Crippen LogP) is 3.18. The number of Topliss-reactive ketones (excluding diaryl/α,β-unsaturated/α-hetero) is 1. The van der Waals surface area contributed by atoms with Crippen LogP contribution < -0.4 is 5.73 Å². The lowest BCUT2D eigenvalue weighted by Gasteiger charge is -2.22. The van der Waals surface area contributed by atoms with E-state index < -0.39 is 11.4 Å². The summed E-state index contributed by atoms with van der Waals surface area (Å²) in [5.74, 6) is -1.01. The number of ketones is 1. The zero-order valence-corrected chi connectivity index (χ0v) is 10.1. The number of halogens is 2. The normalized spacial score (nSPS) is 14.6. The Bertz CT molecular complexity index is 404. The van der Waals surface area contributed by atoms with Gasteiger partial charge in [-0.25, -0.2) is 4.39 Å². The molecule has 0 saturated carbocycles. The first kappa shape index (κ1) is 13.1. The summed E-state index contributed by atoms with van der Waals surface area (Å²) < 4.78 is 13.5. The minimum absolute atomic E-state index is 0.00264. The van der Waals surface area contributed by atoms with Crippen molar-refractivity contribution in [3.05, 3.63) is 34.6 Å². The van der Waals surface area contributed by atoms with Gasteiger partial charge in [-0.05, 0) is 31.5 Å². The predicted molar refractivity (Wildman–Crippen MR) is 63.2 cm³/mol. The third kappa shape index (κ3) is 2.80. The Morgan fingerprint density at radius 2 is 2.19 bits per heavy atom. The van der Waals surface area contributed by atoms with Crippen LogP contribution in [0.15, 0.2) is 18.2 Å². The van der Waals surface area contributed by atoms with Gasteiger partial charge in [-0.1, -0.05) is 24.9 Å². The quantitative estimate of drug-likeness (QED) is 0.826. The summed E-state index contributed by atoms with van der Waals surface area (Å²) in [6, 6.07) is 3.98. The Labute approximate surface area is 99.6 Å². The Kier molecular flexibility index (Phi) is 4.05. The van der Waals surface area contributed by atoms with Crippen LogP contribution in [0.1, 0.15) is 37.0 Å². The molecule has 0 amide bonds. The molecule has 0 heterocycles. The maximum absolute atomic E-state index is 13.5. The van der Waals surface area contributed by atoms with Crippen molar-refractivity contribution in [3.8, 4) is 0 Å². The number of carbonyl (C=O) groups excluding carboxylic acids is 1. The van der Waals surface area contributed by atoms with Crippen molar-refractivity contribution in [1.82, 2.24) is 0 Å². The molecular formula is C12H15ClFNO. The third-order valence-corrected chi connectivity index (χ3v) is 2.70. The van der Waals surface area contributed by atoms with E-state index in [1.165, 1.54) is 12.1 Å². The van der Waals surface area contributed by atoms with Gasteiger partial charge in [0.1, 0.15) is 5.82 Å². The van der Waals surface area contributed by atoms with Crippen molar-refractivity contribution >= 4 is 17.4 Å². The first-order valence-corrected chi connectivity index (χ1v) is 5.55. The van der Waals surface area contributed by atoms with Gasteiger partial charge in [0.2, 0.25) is 0 Å². The van der Waals surface area contributed by atoms with Gasteiger partial charge in [-0.15, -0.1) is 0 Å². The highest BCUT2D eigenvalue weighted by atomic mass is 35.5. The fourth-order valence-electron chi connectivity index (χ4n) is 1.61. The molecule has 1 atom stereocenters. The van der Waals surface area contributed by atoms with Crippen molar-refractivity contribution in [3.63, 3.8) is 0 Å². The smallest absolute Gasteiger partial charge is 0.185 e. The molecule has 4 heteroatoms. The molecular weight excluding hydrogens is 229 g/mol. The van der Waals surface area contributed by atoms with Crippen LogP contribution in [0.3, 0.4) is 0 Å². The van der Waals surface area contributed by atoms with Gasteiger partial charge in [-0.2, -0.15) is 0 Å². The summed E-state index contributed by atoms with van der Waals surface area (Å²) in [6.45, 7) is 3.55. The zero-order valence-electron chi connectivity index (χ0n) is 9.39. The van der Waals surface area contributed by atoms with Gasteiger partial charge in [-0.3, -0.25) is 4.79 Å². The van der Waals surface area contributed by atoms with Crippen molar-refractivity contribution in [2.45, 2.75) is 32.2 Å². The molecule has 0 saturated heterocycles. The summed E-state index contributed by atoms with van der Waals surface area (Å²) in [7, 11) is 0. The van der Waals surface area contributed by atoms with Gasteiger partial charge in [0.05, 0.1) is 11.1 Å². The first-order valence-electron chi connectivity index (χ1n) is 5.17. The van der Waals surface area contributed by atoms with E-state index in [2.05, 4.69) is 0 Å². The van der Waals surface area contributed by atoms with Crippen molar-refractivity contribution < 1.29 is 9.18 Å². The molecule has 16 heavy (non-hydrogen) atoms. The Morgan fingerprint density at radius 3 is 2.69 bits per heavy atom. The molecule has 1 rings (SSSR count). The van der Waals surface area contributed by atoms with E-state index in [-0.39, 0.29) is 16.4 Å². The summed E-state index contributed by atoms with van der Waals surface area (Å²) in [6.07, 6.45) is 1.29. The largest absolute Gasteiger partial charge is 0.319 e. The van der Waals surface area contributed by atoms with Gasteiger partial charge < -0.3 is 5.73 Å². The number of rotatable bonds is 4. The Balaban J connectivity index is 3.05. The molecule has 0 aliphatic heterocycles. The molecule has 0 bridgehead atoms. The average molecular weight is 244 g/mol. The van der Waals surface area contributed by atoms with Crippen LogP contribution in [-0.4, -0.2) is 11.3 Å². The van der Waals surface area contributed by atoms with Crippen LogP contribution in [0.4, 0.5) is 4.39 Å². The second-order valence-corrected chi connectivity index (χ2v) is 4.56.